The van der Waals surface area contributed by atoms with Crippen molar-refractivity contribution in [3.63, 3.8) is 0 Å². The van der Waals surface area contributed by atoms with Gasteiger partial charge >= 0.3 is 0 Å². The number of aliphatic hydroxyl groups is 1. The van der Waals surface area contributed by atoms with Crippen LogP contribution in [0.15, 0.2) is 36.5 Å². The maximum Gasteiger partial charge on any atom is 0.270 e. The molecular weight excluding hydrogens is 341 g/mol. The summed E-state index contributed by atoms with van der Waals surface area (Å²) in [5.41, 5.74) is 6.21. The molecule has 0 saturated carbocycles. The lowest BCUT2D eigenvalue weighted by Crippen LogP contribution is -2.30. The second-order valence-corrected chi connectivity index (χ2v) is 5.69. The van der Waals surface area contributed by atoms with E-state index in [1.165, 1.54) is 35.0 Å². The number of nitrogens with one attached hydrogen (secondary N) is 1. The molecule has 0 spiro atoms. The molecule has 2 amide bonds. The fraction of sp³-hybridized carbons (Fsp3) is 0.176. The maximum absolute atomic E-state index is 13.7. The molecule has 0 fully saturated rings. The first kappa shape index (κ1) is 17.5. The minimum Gasteiger partial charge on any atom is -0.386 e. The van der Waals surface area contributed by atoms with E-state index < -0.39 is 23.7 Å². The van der Waals surface area contributed by atoms with Crippen molar-refractivity contribution in [1.29, 1.82) is 0 Å². The molecule has 0 aliphatic carbocycles. The highest BCUT2D eigenvalue weighted by molar-refractivity contribution is 6.00. The van der Waals surface area contributed by atoms with Crippen molar-refractivity contribution in [1.82, 2.24) is 19.9 Å². The van der Waals surface area contributed by atoms with Crippen LogP contribution in [0.1, 0.15) is 38.2 Å². The third kappa shape index (κ3) is 3.24. The van der Waals surface area contributed by atoms with Gasteiger partial charge in [0.25, 0.3) is 11.8 Å². The van der Waals surface area contributed by atoms with Crippen molar-refractivity contribution in [2.45, 2.75) is 13.0 Å². The number of hydrogen-bond donors (Lipinski definition) is 3. The van der Waals surface area contributed by atoms with E-state index in [9.17, 15) is 19.1 Å². The van der Waals surface area contributed by atoms with Gasteiger partial charge in [-0.25, -0.2) is 13.9 Å². The summed E-state index contributed by atoms with van der Waals surface area (Å²) in [6.07, 6.45) is 0.0205. The van der Waals surface area contributed by atoms with Gasteiger partial charge in [-0.05, 0) is 19.1 Å². The number of halogens is 1. The van der Waals surface area contributed by atoms with Gasteiger partial charge in [0.2, 0.25) is 0 Å². The molecule has 2 heterocycles. The normalized spacial score (nSPS) is 12.1. The van der Waals surface area contributed by atoms with E-state index in [1.807, 2.05) is 0 Å². The Morgan fingerprint density at radius 2 is 2.12 bits per heavy atom. The van der Waals surface area contributed by atoms with Gasteiger partial charge in [-0.1, -0.05) is 18.2 Å². The molecule has 134 valence electrons. The summed E-state index contributed by atoms with van der Waals surface area (Å²) in [6.45, 7) is 1.45. The second kappa shape index (κ2) is 6.89. The molecule has 0 saturated heterocycles. The van der Waals surface area contributed by atoms with E-state index in [-0.39, 0.29) is 29.0 Å². The van der Waals surface area contributed by atoms with Crippen molar-refractivity contribution in [3.05, 3.63) is 64.9 Å². The summed E-state index contributed by atoms with van der Waals surface area (Å²) in [4.78, 5) is 28.1. The average Bonchev–Trinajstić information content (AvgIpc) is 3.03. The van der Waals surface area contributed by atoms with E-state index in [2.05, 4.69) is 15.4 Å². The number of fused-ring (bicyclic) bond motifs is 1. The molecule has 3 rings (SSSR count). The first-order chi connectivity index (χ1) is 12.4. The van der Waals surface area contributed by atoms with Crippen LogP contribution >= 0.6 is 0 Å². The Morgan fingerprint density at radius 3 is 2.81 bits per heavy atom. The lowest BCUT2D eigenvalue weighted by molar-refractivity contribution is 0.0905. The van der Waals surface area contributed by atoms with Gasteiger partial charge in [0.1, 0.15) is 17.1 Å². The van der Waals surface area contributed by atoms with Crippen molar-refractivity contribution in [3.8, 4) is 0 Å². The van der Waals surface area contributed by atoms with Gasteiger partial charge in [-0.2, -0.15) is 5.10 Å². The maximum atomic E-state index is 13.7. The number of hydrogen-bond acceptors (Lipinski definition) is 5. The average molecular weight is 357 g/mol. The minimum absolute atomic E-state index is 0.0824. The summed E-state index contributed by atoms with van der Waals surface area (Å²) in [5, 5.41) is 16.6. The van der Waals surface area contributed by atoms with Gasteiger partial charge in [0.15, 0.2) is 5.65 Å². The quantitative estimate of drug-likeness (QED) is 0.621. The zero-order chi connectivity index (χ0) is 18.8. The van der Waals surface area contributed by atoms with Gasteiger partial charge in [-0.3, -0.25) is 9.59 Å². The molecule has 8 nitrogen and oxygen atoms in total. The molecule has 3 aromatic rings. The Bertz CT molecular complexity index is 1000. The Morgan fingerprint density at radius 1 is 1.38 bits per heavy atom. The van der Waals surface area contributed by atoms with Crippen LogP contribution < -0.4 is 11.1 Å². The summed E-state index contributed by atoms with van der Waals surface area (Å²) in [6, 6.07) is 7.25. The SMILES string of the molecule is Cc1cc(C(=O)NCC(O)c2ccccc2F)n2ncc(C(N)=O)c2n1. The predicted octanol–water partition coefficient (Wildman–Crippen LogP) is 0.739. The third-order valence-corrected chi connectivity index (χ3v) is 3.82. The third-order valence-electron chi connectivity index (χ3n) is 3.82. The largest absolute Gasteiger partial charge is 0.386 e. The van der Waals surface area contributed by atoms with Gasteiger partial charge < -0.3 is 16.2 Å². The van der Waals surface area contributed by atoms with E-state index >= 15 is 0 Å². The van der Waals surface area contributed by atoms with Crippen LogP contribution in [0.3, 0.4) is 0 Å². The van der Waals surface area contributed by atoms with Crippen LogP contribution in [0.5, 0.6) is 0 Å². The minimum atomic E-state index is -1.21. The molecule has 0 aliphatic heterocycles. The molecule has 9 heteroatoms. The zero-order valence-electron chi connectivity index (χ0n) is 13.8. The second-order valence-electron chi connectivity index (χ2n) is 5.69. The number of carbonyl (C=O) groups is 2. The van der Waals surface area contributed by atoms with E-state index in [0.29, 0.717) is 5.69 Å². The Labute approximate surface area is 147 Å². The van der Waals surface area contributed by atoms with Crippen LogP contribution in [0.25, 0.3) is 5.65 Å². The first-order valence-corrected chi connectivity index (χ1v) is 7.74. The number of aryl methyl sites for hydroxylation is 1. The lowest BCUT2D eigenvalue weighted by atomic mass is 10.1. The number of amides is 2. The number of carbonyl (C=O) groups excluding carboxylic acids is 2. The molecule has 1 aromatic carbocycles. The monoisotopic (exact) mass is 357 g/mol. The predicted molar refractivity (Wildman–Crippen MR) is 89.9 cm³/mol. The molecule has 4 N–H and O–H groups in total. The van der Waals surface area contributed by atoms with Gasteiger partial charge in [0, 0.05) is 17.8 Å². The number of aliphatic hydroxyl groups excluding tert-OH is 1. The number of nitrogens with two attached hydrogens (primary N) is 1. The summed E-state index contributed by atoms with van der Waals surface area (Å²) in [7, 11) is 0. The Balaban J connectivity index is 1.84. The summed E-state index contributed by atoms with van der Waals surface area (Å²) >= 11 is 0. The fourth-order valence-corrected chi connectivity index (χ4v) is 2.55. The molecule has 2 aromatic heterocycles. The van der Waals surface area contributed by atoms with E-state index in [1.54, 1.807) is 13.0 Å². The Kier molecular flexibility index (Phi) is 4.63. The van der Waals surface area contributed by atoms with Gasteiger partial charge in [0.05, 0.1) is 12.3 Å². The highest BCUT2D eigenvalue weighted by Crippen LogP contribution is 2.16. The number of rotatable bonds is 5. The van der Waals surface area contributed by atoms with E-state index in [0.717, 1.165) is 0 Å². The number of primary amides is 1. The smallest absolute Gasteiger partial charge is 0.270 e. The highest BCUT2D eigenvalue weighted by atomic mass is 19.1. The van der Waals surface area contributed by atoms with Crippen LogP contribution in [-0.2, 0) is 0 Å². The molecule has 0 aliphatic rings. The standard InChI is InChI=1S/C17H16FN5O3/c1-9-6-13(23-16(22-9)11(7-21-23)15(19)25)17(26)20-8-14(24)10-4-2-3-5-12(10)18/h2-7,14,24H,8H2,1H3,(H2,19,25)(H,20,26). The topological polar surface area (TPSA) is 123 Å². The summed E-state index contributed by atoms with van der Waals surface area (Å²) < 4.78 is 14.9. The van der Waals surface area contributed by atoms with Crippen LogP contribution in [-0.4, -0.2) is 38.1 Å². The zero-order valence-corrected chi connectivity index (χ0v) is 13.8. The lowest BCUT2D eigenvalue weighted by Gasteiger charge is -2.13. The number of aromatic nitrogens is 3. The molecule has 0 radical (unpaired) electrons. The number of nitrogens with zero attached hydrogens (tertiary/aromatic N) is 3. The van der Waals surface area contributed by atoms with E-state index in [4.69, 9.17) is 5.73 Å². The molecule has 1 unspecified atom stereocenters. The van der Waals surface area contributed by atoms with Gasteiger partial charge in [-0.15, -0.1) is 0 Å². The van der Waals surface area contributed by atoms with Crippen LogP contribution in [0, 0.1) is 12.7 Å². The van der Waals surface area contributed by atoms with Crippen LogP contribution in [0.4, 0.5) is 4.39 Å². The fourth-order valence-electron chi connectivity index (χ4n) is 2.55. The van der Waals surface area contributed by atoms with Crippen LogP contribution in [0.2, 0.25) is 0 Å². The number of benzene rings is 1. The molecule has 0 bridgehead atoms. The molecule has 1 atom stereocenters. The Hall–Kier alpha value is -3.33. The summed E-state index contributed by atoms with van der Waals surface area (Å²) in [5.74, 6) is -1.83. The molecule has 26 heavy (non-hydrogen) atoms. The highest BCUT2D eigenvalue weighted by Gasteiger charge is 2.19. The van der Waals surface area contributed by atoms with Crippen molar-refractivity contribution in [2.24, 2.45) is 5.73 Å². The van der Waals surface area contributed by atoms with Crippen molar-refractivity contribution in [2.75, 3.05) is 6.54 Å². The van der Waals surface area contributed by atoms with Crippen molar-refractivity contribution < 1.29 is 19.1 Å². The van der Waals surface area contributed by atoms with Crippen molar-refractivity contribution >= 4 is 17.5 Å². The molecular formula is C17H16FN5O3. The first-order valence-electron chi connectivity index (χ1n) is 7.74.